The predicted octanol–water partition coefficient (Wildman–Crippen LogP) is 3.16. The minimum absolute atomic E-state index is 0.243. The van der Waals surface area contributed by atoms with E-state index < -0.39 is 29.0 Å². The number of fused-ring (bicyclic) bond motifs is 1. The zero-order chi connectivity index (χ0) is 19.0. The quantitative estimate of drug-likeness (QED) is 0.573. The molecule has 0 spiro atoms. The fourth-order valence-electron chi connectivity index (χ4n) is 2.91. The Morgan fingerprint density at radius 1 is 1.04 bits per heavy atom. The van der Waals surface area contributed by atoms with Crippen molar-refractivity contribution >= 4 is 22.9 Å². The van der Waals surface area contributed by atoms with Gasteiger partial charge in [-0.25, -0.2) is 9.78 Å². The third-order valence-electron chi connectivity index (χ3n) is 4.20. The van der Waals surface area contributed by atoms with Gasteiger partial charge in [0.05, 0.1) is 0 Å². The van der Waals surface area contributed by atoms with Crippen molar-refractivity contribution in [3.63, 3.8) is 0 Å². The van der Waals surface area contributed by atoms with Gasteiger partial charge in [0.2, 0.25) is 0 Å². The molecule has 0 amide bonds. The molecular weight excluding hydrogens is 334 g/mol. The standard InChI is InChI=1S/C20H17NO5/c1-10-4-6-13(12(3)8-10)18(22)16(19(23)24)17-20(25)26-15-7-5-11(2)9-14(15)21-17/h4-9,16H,1-3H3,(H,23,24). The number of carboxylic acid groups (broad SMARTS) is 1. The van der Waals surface area contributed by atoms with Crippen LogP contribution in [0.25, 0.3) is 11.1 Å². The Morgan fingerprint density at radius 2 is 1.69 bits per heavy atom. The third kappa shape index (κ3) is 3.13. The largest absolute Gasteiger partial charge is 0.480 e. The van der Waals surface area contributed by atoms with E-state index in [2.05, 4.69) is 4.98 Å². The molecule has 1 heterocycles. The van der Waals surface area contributed by atoms with Crippen LogP contribution in [0.3, 0.4) is 0 Å². The van der Waals surface area contributed by atoms with Gasteiger partial charge in [0.25, 0.3) is 0 Å². The van der Waals surface area contributed by atoms with E-state index >= 15 is 0 Å². The van der Waals surface area contributed by atoms with Gasteiger partial charge in [-0.1, -0.05) is 29.8 Å². The van der Waals surface area contributed by atoms with Gasteiger partial charge in [-0.15, -0.1) is 0 Å². The Labute approximate surface area is 149 Å². The molecule has 1 unspecified atom stereocenters. The van der Waals surface area contributed by atoms with Crippen molar-refractivity contribution in [3.8, 4) is 0 Å². The minimum atomic E-state index is -1.72. The number of carbonyl (C=O) groups excluding carboxylic acids is 1. The number of nitrogens with zero attached hydrogens (tertiary/aromatic N) is 1. The molecule has 3 rings (SSSR count). The van der Waals surface area contributed by atoms with E-state index in [-0.39, 0.29) is 11.1 Å². The average Bonchev–Trinajstić information content (AvgIpc) is 2.55. The van der Waals surface area contributed by atoms with Crippen LogP contribution in [0.15, 0.2) is 45.6 Å². The van der Waals surface area contributed by atoms with E-state index in [9.17, 15) is 19.5 Å². The van der Waals surface area contributed by atoms with Crippen LogP contribution >= 0.6 is 0 Å². The normalized spacial score (nSPS) is 12.1. The summed E-state index contributed by atoms with van der Waals surface area (Å²) in [6.45, 7) is 5.43. The number of hydrogen-bond donors (Lipinski definition) is 1. The second kappa shape index (κ2) is 6.55. The number of carbonyl (C=O) groups is 2. The Bertz CT molecular complexity index is 1100. The second-order valence-corrected chi connectivity index (χ2v) is 6.31. The monoisotopic (exact) mass is 351 g/mol. The number of benzene rings is 2. The van der Waals surface area contributed by atoms with Crippen molar-refractivity contribution in [2.75, 3.05) is 0 Å². The Hall–Kier alpha value is -3.28. The molecule has 6 heteroatoms. The van der Waals surface area contributed by atoms with Crippen molar-refractivity contribution in [2.24, 2.45) is 0 Å². The van der Waals surface area contributed by atoms with E-state index in [0.29, 0.717) is 11.1 Å². The van der Waals surface area contributed by atoms with Crippen LogP contribution in [0.2, 0.25) is 0 Å². The number of aryl methyl sites for hydroxylation is 3. The summed E-state index contributed by atoms with van der Waals surface area (Å²) in [7, 11) is 0. The van der Waals surface area contributed by atoms with Crippen LogP contribution in [0, 0.1) is 20.8 Å². The van der Waals surface area contributed by atoms with Gasteiger partial charge in [0.1, 0.15) is 11.2 Å². The molecule has 0 saturated heterocycles. The maximum atomic E-state index is 12.9. The maximum absolute atomic E-state index is 12.9. The molecule has 2 aromatic carbocycles. The summed E-state index contributed by atoms with van der Waals surface area (Å²) in [5.41, 5.74) is 1.94. The van der Waals surface area contributed by atoms with E-state index in [1.165, 1.54) is 0 Å². The highest BCUT2D eigenvalue weighted by atomic mass is 16.4. The highest BCUT2D eigenvalue weighted by Crippen LogP contribution is 2.23. The van der Waals surface area contributed by atoms with Crippen LogP contribution in [-0.4, -0.2) is 21.8 Å². The van der Waals surface area contributed by atoms with E-state index in [1.807, 2.05) is 13.8 Å². The van der Waals surface area contributed by atoms with Crippen molar-refractivity contribution in [2.45, 2.75) is 26.7 Å². The Morgan fingerprint density at radius 3 is 2.35 bits per heavy atom. The Kier molecular flexibility index (Phi) is 4.42. The second-order valence-electron chi connectivity index (χ2n) is 6.31. The average molecular weight is 351 g/mol. The van der Waals surface area contributed by atoms with Gasteiger partial charge in [-0.05, 0) is 44.0 Å². The molecule has 6 nitrogen and oxygen atoms in total. The summed E-state index contributed by atoms with van der Waals surface area (Å²) in [6.07, 6.45) is 0. The summed E-state index contributed by atoms with van der Waals surface area (Å²) in [5.74, 6) is -3.86. The summed E-state index contributed by atoms with van der Waals surface area (Å²) in [4.78, 5) is 41.1. The first-order valence-electron chi connectivity index (χ1n) is 8.03. The molecule has 0 aliphatic rings. The zero-order valence-electron chi connectivity index (χ0n) is 14.6. The highest BCUT2D eigenvalue weighted by Gasteiger charge is 2.34. The molecule has 3 aromatic rings. The van der Waals surface area contributed by atoms with Crippen molar-refractivity contribution < 1.29 is 19.1 Å². The van der Waals surface area contributed by atoms with Gasteiger partial charge >= 0.3 is 11.6 Å². The SMILES string of the molecule is Cc1ccc(C(=O)C(C(=O)O)c2nc3cc(C)ccc3oc2=O)c(C)c1. The number of aliphatic carboxylic acids is 1. The lowest BCUT2D eigenvalue weighted by Crippen LogP contribution is -2.29. The van der Waals surface area contributed by atoms with Crippen LogP contribution < -0.4 is 5.63 Å². The van der Waals surface area contributed by atoms with Gasteiger partial charge in [0.15, 0.2) is 17.3 Å². The van der Waals surface area contributed by atoms with E-state index in [0.717, 1.165) is 11.1 Å². The Balaban J connectivity index is 2.18. The minimum Gasteiger partial charge on any atom is -0.480 e. The molecule has 1 atom stereocenters. The molecule has 0 aliphatic carbocycles. The smallest absolute Gasteiger partial charge is 0.359 e. The number of carboxylic acids is 1. The van der Waals surface area contributed by atoms with E-state index in [4.69, 9.17) is 4.42 Å². The van der Waals surface area contributed by atoms with Gasteiger partial charge < -0.3 is 9.52 Å². The lowest BCUT2D eigenvalue weighted by Gasteiger charge is -2.12. The highest BCUT2D eigenvalue weighted by molar-refractivity contribution is 6.12. The predicted molar refractivity (Wildman–Crippen MR) is 95.6 cm³/mol. The lowest BCUT2D eigenvalue weighted by molar-refractivity contribution is -0.137. The lowest BCUT2D eigenvalue weighted by atomic mass is 9.91. The van der Waals surface area contributed by atoms with Crippen LogP contribution in [0.1, 0.15) is 38.7 Å². The molecule has 0 aliphatic heterocycles. The molecule has 0 bridgehead atoms. The fourth-order valence-corrected chi connectivity index (χ4v) is 2.91. The molecule has 26 heavy (non-hydrogen) atoms. The molecular formula is C20H17NO5. The first-order valence-corrected chi connectivity index (χ1v) is 8.03. The number of aromatic nitrogens is 1. The third-order valence-corrected chi connectivity index (χ3v) is 4.20. The first-order chi connectivity index (χ1) is 12.3. The van der Waals surface area contributed by atoms with Gasteiger partial charge in [-0.3, -0.25) is 9.59 Å². The molecule has 1 aromatic heterocycles. The molecule has 132 valence electrons. The number of ketones is 1. The van der Waals surface area contributed by atoms with E-state index in [1.54, 1.807) is 43.3 Å². The zero-order valence-corrected chi connectivity index (χ0v) is 14.6. The molecule has 0 saturated carbocycles. The molecule has 0 radical (unpaired) electrons. The van der Waals surface area contributed by atoms with Crippen molar-refractivity contribution in [1.82, 2.24) is 4.98 Å². The number of hydrogen-bond acceptors (Lipinski definition) is 5. The first kappa shape index (κ1) is 17.5. The van der Waals surface area contributed by atoms with Crippen LogP contribution in [0.5, 0.6) is 0 Å². The number of rotatable bonds is 4. The van der Waals surface area contributed by atoms with Crippen molar-refractivity contribution in [1.29, 1.82) is 0 Å². The topological polar surface area (TPSA) is 97.5 Å². The van der Waals surface area contributed by atoms with Gasteiger partial charge in [-0.2, -0.15) is 0 Å². The summed E-state index contributed by atoms with van der Waals surface area (Å²) in [6, 6.07) is 10.1. The number of Topliss-reactive ketones (excluding diaryl/α,β-unsaturated/α-hetero) is 1. The van der Waals surface area contributed by atoms with Crippen LogP contribution in [-0.2, 0) is 4.79 Å². The fraction of sp³-hybridized carbons (Fsp3) is 0.200. The summed E-state index contributed by atoms with van der Waals surface area (Å²) >= 11 is 0. The molecule has 0 fully saturated rings. The van der Waals surface area contributed by atoms with Gasteiger partial charge in [0, 0.05) is 5.56 Å². The van der Waals surface area contributed by atoms with Crippen LogP contribution in [0.4, 0.5) is 0 Å². The summed E-state index contributed by atoms with van der Waals surface area (Å²) < 4.78 is 5.18. The molecule has 1 N–H and O–H groups in total. The summed E-state index contributed by atoms with van der Waals surface area (Å²) in [5, 5.41) is 9.61. The maximum Gasteiger partial charge on any atom is 0.359 e. The van der Waals surface area contributed by atoms with Crippen molar-refractivity contribution in [3.05, 3.63) is 74.8 Å².